The van der Waals surface area contributed by atoms with Crippen LogP contribution in [0.15, 0.2) is 6.20 Å². The summed E-state index contributed by atoms with van der Waals surface area (Å²) in [6.45, 7) is 5.80. The van der Waals surface area contributed by atoms with Crippen molar-refractivity contribution in [2.45, 2.75) is 20.8 Å². The molecule has 0 aromatic carbocycles. The minimum atomic E-state index is 0.464. The number of rotatable bonds is 0. The summed E-state index contributed by atoms with van der Waals surface area (Å²) in [5.74, 6) is 0.663. The highest BCUT2D eigenvalue weighted by Crippen LogP contribution is 2.18. The van der Waals surface area contributed by atoms with Crippen molar-refractivity contribution in [2.24, 2.45) is 7.05 Å². The van der Waals surface area contributed by atoms with E-state index in [2.05, 4.69) is 15.1 Å². The average Bonchev–Trinajstić information content (AvgIpc) is 2.52. The molecule has 14 heavy (non-hydrogen) atoms. The highest BCUT2D eigenvalue weighted by molar-refractivity contribution is 6.33. The van der Waals surface area contributed by atoms with Crippen LogP contribution in [-0.2, 0) is 7.05 Å². The van der Waals surface area contributed by atoms with Crippen molar-refractivity contribution in [1.82, 2.24) is 19.7 Å². The van der Waals surface area contributed by atoms with E-state index in [0.29, 0.717) is 11.0 Å². The van der Waals surface area contributed by atoms with E-state index in [1.165, 1.54) is 0 Å². The van der Waals surface area contributed by atoms with Gasteiger partial charge in [-0.25, -0.2) is 9.97 Å². The standard InChI is InChI=1S/C7H7ClN4.C2H6/c1-4-10-6(8)5-3-9-12(2)7(5)11-4;1-2/h3H,1-2H3;1-2H3. The van der Waals surface area contributed by atoms with Crippen LogP contribution in [0.5, 0.6) is 0 Å². The Morgan fingerprint density at radius 3 is 2.57 bits per heavy atom. The van der Waals surface area contributed by atoms with Gasteiger partial charge in [-0.2, -0.15) is 5.10 Å². The molecule has 0 fully saturated rings. The first-order valence-electron chi connectivity index (χ1n) is 4.50. The lowest BCUT2D eigenvalue weighted by molar-refractivity contribution is 0.783. The van der Waals surface area contributed by atoms with Crippen molar-refractivity contribution in [2.75, 3.05) is 0 Å². The summed E-state index contributed by atoms with van der Waals surface area (Å²) in [7, 11) is 1.82. The van der Waals surface area contributed by atoms with Crippen LogP contribution in [0, 0.1) is 6.92 Å². The molecule has 5 heteroatoms. The topological polar surface area (TPSA) is 43.6 Å². The second kappa shape index (κ2) is 4.37. The summed E-state index contributed by atoms with van der Waals surface area (Å²) >= 11 is 5.87. The van der Waals surface area contributed by atoms with E-state index in [1.54, 1.807) is 17.8 Å². The van der Waals surface area contributed by atoms with Gasteiger partial charge in [-0.1, -0.05) is 25.4 Å². The molecule has 0 atom stereocenters. The van der Waals surface area contributed by atoms with Crippen LogP contribution in [0.1, 0.15) is 19.7 Å². The Balaban J connectivity index is 0.000000461. The van der Waals surface area contributed by atoms with Gasteiger partial charge in [0.25, 0.3) is 0 Å². The van der Waals surface area contributed by atoms with E-state index in [9.17, 15) is 0 Å². The van der Waals surface area contributed by atoms with Crippen LogP contribution >= 0.6 is 11.6 Å². The number of fused-ring (bicyclic) bond motifs is 1. The third kappa shape index (κ3) is 1.85. The molecule has 0 aliphatic heterocycles. The molecule has 0 saturated carbocycles. The fourth-order valence-corrected chi connectivity index (χ4v) is 1.35. The maximum absolute atomic E-state index is 5.87. The number of hydrogen-bond acceptors (Lipinski definition) is 3. The lowest BCUT2D eigenvalue weighted by Crippen LogP contribution is -1.95. The van der Waals surface area contributed by atoms with Gasteiger partial charge in [0.15, 0.2) is 5.65 Å². The molecule has 0 N–H and O–H groups in total. The van der Waals surface area contributed by atoms with Crippen LogP contribution < -0.4 is 0 Å². The van der Waals surface area contributed by atoms with E-state index < -0.39 is 0 Å². The summed E-state index contributed by atoms with van der Waals surface area (Å²) in [5, 5.41) is 5.29. The van der Waals surface area contributed by atoms with Crippen molar-refractivity contribution in [3.63, 3.8) is 0 Å². The molecule has 0 unspecified atom stereocenters. The normalized spacial score (nSPS) is 9.79. The predicted molar refractivity (Wildman–Crippen MR) is 57.4 cm³/mol. The van der Waals surface area contributed by atoms with E-state index >= 15 is 0 Å². The van der Waals surface area contributed by atoms with Gasteiger partial charge >= 0.3 is 0 Å². The monoisotopic (exact) mass is 212 g/mol. The molecule has 0 spiro atoms. The summed E-state index contributed by atoms with van der Waals surface area (Å²) in [4.78, 5) is 8.22. The van der Waals surface area contributed by atoms with Gasteiger partial charge in [-0.15, -0.1) is 0 Å². The first-order valence-corrected chi connectivity index (χ1v) is 4.88. The van der Waals surface area contributed by atoms with Crippen LogP contribution in [0.3, 0.4) is 0 Å². The Bertz CT molecular complexity index is 436. The van der Waals surface area contributed by atoms with Gasteiger partial charge in [0.2, 0.25) is 0 Å². The first-order chi connectivity index (χ1) is 6.68. The smallest absolute Gasteiger partial charge is 0.162 e. The van der Waals surface area contributed by atoms with E-state index in [0.717, 1.165) is 11.0 Å². The molecule has 0 amide bonds. The van der Waals surface area contributed by atoms with Gasteiger partial charge < -0.3 is 0 Å². The molecule has 2 aromatic rings. The molecule has 2 rings (SSSR count). The Morgan fingerprint density at radius 1 is 1.29 bits per heavy atom. The first kappa shape index (κ1) is 10.9. The zero-order chi connectivity index (χ0) is 10.7. The van der Waals surface area contributed by atoms with Crippen molar-refractivity contribution >= 4 is 22.6 Å². The predicted octanol–water partition coefficient (Wildman–Crippen LogP) is 2.35. The lowest BCUT2D eigenvalue weighted by Gasteiger charge is -1.96. The van der Waals surface area contributed by atoms with Crippen molar-refractivity contribution < 1.29 is 0 Å². The molecular weight excluding hydrogens is 200 g/mol. The minimum Gasteiger partial charge on any atom is -0.250 e. The second-order valence-electron chi connectivity index (χ2n) is 2.57. The van der Waals surface area contributed by atoms with Crippen molar-refractivity contribution in [1.29, 1.82) is 0 Å². The van der Waals surface area contributed by atoms with Gasteiger partial charge in [0.05, 0.1) is 11.6 Å². The summed E-state index contributed by atoms with van der Waals surface area (Å²) in [6.07, 6.45) is 1.66. The number of aromatic nitrogens is 4. The van der Waals surface area contributed by atoms with Crippen molar-refractivity contribution in [3.8, 4) is 0 Å². The molecule has 0 aliphatic rings. The van der Waals surface area contributed by atoms with E-state index in [4.69, 9.17) is 11.6 Å². The molecule has 0 bridgehead atoms. The molecule has 0 saturated heterocycles. The maximum Gasteiger partial charge on any atom is 0.162 e. The summed E-state index contributed by atoms with van der Waals surface area (Å²) in [5.41, 5.74) is 0.771. The third-order valence-electron chi connectivity index (χ3n) is 1.66. The average molecular weight is 213 g/mol. The highest BCUT2D eigenvalue weighted by Gasteiger charge is 2.06. The maximum atomic E-state index is 5.87. The summed E-state index contributed by atoms with van der Waals surface area (Å²) < 4.78 is 1.68. The molecule has 2 heterocycles. The SMILES string of the molecule is CC.Cc1nc(Cl)c2cnn(C)c2n1. The molecule has 2 aromatic heterocycles. The number of halogens is 1. The molecular formula is C9H13ClN4. The van der Waals surface area contributed by atoms with Gasteiger partial charge in [0, 0.05) is 7.05 Å². The highest BCUT2D eigenvalue weighted by atomic mass is 35.5. The molecule has 76 valence electrons. The number of nitrogens with zero attached hydrogens (tertiary/aromatic N) is 4. The van der Waals surface area contributed by atoms with Gasteiger partial charge in [-0.3, -0.25) is 4.68 Å². The number of hydrogen-bond donors (Lipinski definition) is 0. The van der Waals surface area contributed by atoms with Crippen LogP contribution in [0.4, 0.5) is 0 Å². The molecule has 0 radical (unpaired) electrons. The lowest BCUT2D eigenvalue weighted by atomic mass is 10.4. The van der Waals surface area contributed by atoms with E-state index in [-0.39, 0.29) is 0 Å². The fourth-order valence-electron chi connectivity index (χ4n) is 1.09. The van der Waals surface area contributed by atoms with E-state index in [1.807, 2.05) is 20.9 Å². The number of aryl methyl sites for hydroxylation is 2. The van der Waals surface area contributed by atoms with Crippen LogP contribution in [0.2, 0.25) is 5.15 Å². The Hall–Kier alpha value is -1.16. The Morgan fingerprint density at radius 2 is 1.93 bits per heavy atom. The molecule has 0 aliphatic carbocycles. The van der Waals surface area contributed by atoms with Gasteiger partial charge in [0.1, 0.15) is 11.0 Å². The second-order valence-corrected chi connectivity index (χ2v) is 2.93. The zero-order valence-corrected chi connectivity index (χ0v) is 9.50. The van der Waals surface area contributed by atoms with Gasteiger partial charge in [-0.05, 0) is 6.92 Å². The Kier molecular flexibility index (Phi) is 3.41. The molecule has 4 nitrogen and oxygen atoms in total. The zero-order valence-electron chi connectivity index (χ0n) is 8.74. The largest absolute Gasteiger partial charge is 0.250 e. The van der Waals surface area contributed by atoms with Crippen molar-refractivity contribution in [3.05, 3.63) is 17.2 Å². The Labute approximate surface area is 87.9 Å². The minimum absolute atomic E-state index is 0.464. The fraction of sp³-hybridized carbons (Fsp3) is 0.444. The summed E-state index contributed by atoms with van der Waals surface area (Å²) in [6, 6.07) is 0. The van der Waals surface area contributed by atoms with Crippen LogP contribution in [-0.4, -0.2) is 19.7 Å². The quantitative estimate of drug-likeness (QED) is 0.630. The third-order valence-corrected chi connectivity index (χ3v) is 1.95. The van der Waals surface area contributed by atoms with Crippen LogP contribution in [0.25, 0.3) is 11.0 Å².